The van der Waals surface area contributed by atoms with Crippen LogP contribution in [0.2, 0.25) is 0 Å². The van der Waals surface area contributed by atoms with Gasteiger partial charge in [0.25, 0.3) is 0 Å². The lowest BCUT2D eigenvalue weighted by Gasteiger charge is -2.18. The van der Waals surface area contributed by atoms with Crippen molar-refractivity contribution < 1.29 is 0 Å². The molecule has 0 radical (unpaired) electrons. The number of hydrogen-bond donors (Lipinski definition) is 0. The van der Waals surface area contributed by atoms with Gasteiger partial charge in [0.2, 0.25) is 0 Å². The maximum Gasteiger partial charge on any atom is 0.0362 e. The first-order valence-electron chi connectivity index (χ1n) is 22.1. The van der Waals surface area contributed by atoms with Crippen molar-refractivity contribution in [1.82, 2.24) is 0 Å². The highest BCUT2D eigenvalue weighted by molar-refractivity contribution is 7.19. The first-order chi connectivity index (χ1) is 31.7. The van der Waals surface area contributed by atoms with Crippen molar-refractivity contribution in [1.29, 1.82) is 0 Å². The van der Waals surface area contributed by atoms with Gasteiger partial charge in [-0.25, -0.2) is 0 Å². The molecule has 13 aromatic rings. The zero-order chi connectivity index (χ0) is 41.6. The molecule has 11 aromatic carbocycles. The van der Waals surface area contributed by atoms with E-state index in [2.05, 4.69) is 206 Å². The van der Waals surface area contributed by atoms with Gasteiger partial charge in [0.05, 0.1) is 0 Å². The van der Waals surface area contributed by atoms with Crippen LogP contribution in [0.15, 0.2) is 206 Å². The summed E-state index contributed by atoms with van der Waals surface area (Å²) < 4.78 is 0. The summed E-state index contributed by atoms with van der Waals surface area (Å²) in [7, 11) is 0. The summed E-state index contributed by atoms with van der Waals surface area (Å²) in [5.41, 5.74) is 15.9. The lowest BCUT2D eigenvalue weighted by Crippen LogP contribution is -1.91. The monoisotopic (exact) mass is 842 g/mol. The second kappa shape index (κ2) is 13.0. The van der Waals surface area contributed by atoms with E-state index in [4.69, 9.17) is 0 Å². The average Bonchev–Trinajstić information content (AvgIpc) is 4.17. The molecule has 15 rings (SSSR count). The molecule has 2 aliphatic carbocycles. The molecule has 0 unspecified atom stereocenters. The number of fused-ring (bicyclic) bond motifs is 13. The second-order valence-electron chi connectivity index (χ2n) is 17.4. The number of hydrogen-bond acceptors (Lipinski definition) is 2. The van der Waals surface area contributed by atoms with Gasteiger partial charge in [-0.2, -0.15) is 0 Å². The van der Waals surface area contributed by atoms with Gasteiger partial charge in [0, 0.05) is 30.6 Å². The highest BCUT2D eigenvalue weighted by Crippen LogP contribution is 2.58. The van der Waals surface area contributed by atoms with Gasteiger partial charge >= 0.3 is 0 Å². The average molecular weight is 843 g/mol. The second-order valence-corrected chi connectivity index (χ2v) is 19.6. The summed E-state index contributed by atoms with van der Waals surface area (Å²) in [6.45, 7) is 0. The van der Waals surface area contributed by atoms with Crippen LogP contribution in [0.5, 0.6) is 0 Å². The molecule has 2 heterocycles. The Hall–Kier alpha value is -7.62. The molecule has 0 N–H and O–H groups in total. The van der Waals surface area contributed by atoms with Crippen molar-refractivity contribution in [3.63, 3.8) is 0 Å². The highest BCUT2D eigenvalue weighted by atomic mass is 32.1. The molecule has 2 aliphatic rings. The zero-order valence-electron chi connectivity index (χ0n) is 34.4. The smallest absolute Gasteiger partial charge is 0.0362 e. The fourth-order valence-corrected chi connectivity index (χ4v) is 13.6. The molecule has 0 fully saturated rings. The van der Waals surface area contributed by atoms with Crippen LogP contribution in [0.3, 0.4) is 0 Å². The van der Waals surface area contributed by atoms with E-state index in [1.54, 1.807) is 0 Å². The third-order valence-corrected chi connectivity index (χ3v) is 16.5. The van der Waals surface area contributed by atoms with Gasteiger partial charge in [0.1, 0.15) is 0 Å². The van der Waals surface area contributed by atoms with E-state index in [0.29, 0.717) is 0 Å². The molecule has 0 saturated carbocycles. The summed E-state index contributed by atoms with van der Waals surface area (Å²) in [5.74, 6) is 0. The van der Waals surface area contributed by atoms with Crippen LogP contribution in [-0.2, 0) is 0 Å². The summed E-state index contributed by atoms with van der Waals surface area (Å²) in [4.78, 5) is 5.17. The summed E-state index contributed by atoms with van der Waals surface area (Å²) in [5, 5.41) is 15.7. The Bertz CT molecular complexity index is 4160. The Morgan fingerprint density at radius 1 is 0.219 bits per heavy atom. The Labute approximate surface area is 377 Å². The quantitative estimate of drug-likeness (QED) is 0.155. The van der Waals surface area contributed by atoms with Gasteiger partial charge in [0.15, 0.2) is 0 Å². The van der Waals surface area contributed by atoms with Crippen LogP contribution in [-0.4, -0.2) is 0 Å². The van der Waals surface area contributed by atoms with E-state index in [0.717, 1.165) is 0 Å². The normalized spacial score (nSPS) is 12.4. The summed E-state index contributed by atoms with van der Waals surface area (Å²) in [6, 6.07) is 77.8. The predicted octanol–water partition coefficient (Wildman–Crippen LogP) is 18.7. The fourth-order valence-electron chi connectivity index (χ4n) is 11.5. The largest absolute Gasteiger partial charge is 0.135 e. The maximum atomic E-state index is 2.53. The fraction of sp³-hybridized carbons (Fsp3) is 0. The zero-order valence-corrected chi connectivity index (χ0v) is 36.1. The van der Waals surface area contributed by atoms with Crippen LogP contribution >= 0.6 is 22.7 Å². The van der Waals surface area contributed by atoms with Gasteiger partial charge in [-0.1, -0.05) is 164 Å². The van der Waals surface area contributed by atoms with E-state index in [1.807, 2.05) is 22.7 Å². The molecule has 0 aliphatic heterocycles. The van der Waals surface area contributed by atoms with Gasteiger partial charge in [-0.15, -0.1) is 22.7 Å². The maximum absolute atomic E-state index is 2.53. The molecule has 2 heteroatoms. The van der Waals surface area contributed by atoms with Crippen LogP contribution in [0.1, 0.15) is 0 Å². The molecular weight excluding hydrogens is 809 g/mol. The molecular formula is C62H34S2. The van der Waals surface area contributed by atoms with E-state index >= 15 is 0 Å². The standard InChI is InChI=1S/C62H34S2/c1-3-12-35(13-4-1)53-28-30-55(63-53)61-45-26-24-41-40(48(45)33-50-43-20-9-17-37-18-10-23-47(57(37)43)59(50)61)25-27-46-49(41)34-51-44-22-11-21-42-39-19-8-7-16-38(39)32-52(58(42)44)60(51)62(46)56-31-29-54(64-56)36-14-5-2-6-15-36/h1-34H. The molecule has 64 heavy (non-hydrogen) atoms. The third-order valence-electron chi connectivity index (χ3n) is 14.2. The van der Waals surface area contributed by atoms with Crippen molar-refractivity contribution in [2.75, 3.05) is 0 Å². The van der Waals surface area contributed by atoms with Crippen LogP contribution in [0.25, 0.3) is 151 Å². The minimum absolute atomic E-state index is 1.26. The van der Waals surface area contributed by atoms with Gasteiger partial charge in [-0.3, -0.25) is 0 Å². The summed E-state index contributed by atoms with van der Waals surface area (Å²) in [6.07, 6.45) is 0. The van der Waals surface area contributed by atoms with Crippen molar-refractivity contribution in [2.45, 2.75) is 0 Å². The van der Waals surface area contributed by atoms with Crippen LogP contribution in [0.4, 0.5) is 0 Å². The molecule has 0 nitrogen and oxygen atoms in total. The Balaban J connectivity index is 1.05. The van der Waals surface area contributed by atoms with Gasteiger partial charge in [-0.05, 0) is 163 Å². The van der Waals surface area contributed by atoms with Crippen LogP contribution < -0.4 is 0 Å². The molecule has 294 valence electrons. The lowest BCUT2D eigenvalue weighted by atomic mass is 9.86. The van der Waals surface area contributed by atoms with Crippen molar-refractivity contribution >= 4 is 87.3 Å². The van der Waals surface area contributed by atoms with Crippen LogP contribution in [0, 0.1) is 0 Å². The molecule has 0 amide bonds. The van der Waals surface area contributed by atoms with Crippen molar-refractivity contribution in [3.8, 4) is 86.3 Å². The molecule has 0 saturated heterocycles. The Kier molecular flexibility index (Phi) is 7.07. The van der Waals surface area contributed by atoms with E-state index in [9.17, 15) is 0 Å². The molecule has 0 atom stereocenters. The number of benzene rings is 11. The topological polar surface area (TPSA) is 0 Å². The Morgan fingerprint density at radius 2 is 0.688 bits per heavy atom. The van der Waals surface area contributed by atoms with Crippen molar-refractivity contribution in [3.05, 3.63) is 206 Å². The summed E-state index contributed by atoms with van der Waals surface area (Å²) >= 11 is 3.81. The Morgan fingerprint density at radius 3 is 1.31 bits per heavy atom. The van der Waals surface area contributed by atoms with E-state index < -0.39 is 0 Å². The minimum Gasteiger partial charge on any atom is -0.135 e. The SMILES string of the molecule is c1ccc(-c2ccc(-c3c4c(cc5c3ccc3c6cc7c(c(-c8ccc(-c9ccccc9)s8)c6ccc53)-c3cc5ccccc5c5cccc-7c35)-c3cccc5cccc-4c35)s2)cc1. The predicted molar refractivity (Wildman–Crippen MR) is 278 cm³/mol. The first-order valence-corrected chi connectivity index (χ1v) is 23.7. The number of thiophene rings is 2. The third kappa shape index (κ3) is 4.71. The number of rotatable bonds is 4. The highest BCUT2D eigenvalue weighted by Gasteiger charge is 2.31. The van der Waals surface area contributed by atoms with Crippen molar-refractivity contribution in [2.24, 2.45) is 0 Å². The first kappa shape index (κ1) is 34.9. The molecule has 2 aromatic heterocycles. The molecule has 0 bridgehead atoms. The van der Waals surface area contributed by atoms with Gasteiger partial charge < -0.3 is 0 Å². The molecule has 0 spiro atoms. The van der Waals surface area contributed by atoms with E-state index in [-0.39, 0.29) is 0 Å². The lowest BCUT2D eigenvalue weighted by molar-refractivity contribution is 1.70. The van der Waals surface area contributed by atoms with E-state index in [1.165, 1.54) is 151 Å². The minimum atomic E-state index is 1.26.